The molecular formula is C15H16N2O3S. The van der Waals surface area contributed by atoms with Crippen LogP contribution in [0.15, 0.2) is 35.3 Å². The summed E-state index contributed by atoms with van der Waals surface area (Å²) in [5.74, 6) is -0.530. The molecule has 0 radical (unpaired) electrons. The zero-order chi connectivity index (χ0) is 14.8. The maximum absolute atomic E-state index is 12.5. The van der Waals surface area contributed by atoms with Gasteiger partial charge in [0.1, 0.15) is 12.6 Å². The fourth-order valence-corrected chi connectivity index (χ4v) is 3.39. The summed E-state index contributed by atoms with van der Waals surface area (Å²) in [6, 6.07) is 9.39. The van der Waals surface area contributed by atoms with Gasteiger partial charge in [0.05, 0.1) is 5.04 Å². The number of benzene rings is 1. The number of carboxylic acids is 1. The maximum atomic E-state index is 12.5. The highest BCUT2D eigenvalue weighted by Crippen LogP contribution is 2.30. The fourth-order valence-electron chi connectivity index (χ4n) is 2.35. The molecule has 1 saturated carbocycles. The summed E-state index contributed by atoms with van der Waals surface area (Å²) >= 11 is 1.56. The van der Waals surface area contributed by atoms with Crippen LogP contribution in [-0.4, -0.2) is 51.3 Å². The van der Waals surface area contributed by atoms with Crippen molar-refractivity contribution in [2.24, 2.45) is 4.99 Å². The van der Waals surface area contributed by atoms with Crippen molar-refractivity contribution in [1.29, 1.82) is 0 Å². The number of nitrogens with zero attached hydrogens (tertiary/aromatic N) is 2. The molecule has 110 valence electrons. The van der Waals surface area contributed by atoms with Crippen LogP contribution in [0.25, 0.3) is 0 Å². The Balaban J connectivity index is 1.73. The van der Waals surface area contributed by atoms with Gasteiger partial charge in [-0.3, -0.25) is 14.6 Å². The molecule has 0 aromatic heterocycles. The van der Waals surface area contributed by atoms with Gasteiger partial charge in [-0.25, -0.2) is 0 Å². The summed E-state index contributed by atoms with van der Waals surface area (Å²) < 4.78 is 0. The summed E-state index contributed by atoms with van der Waals surface area (Å²) in [5, 5.41) is 9.81. The molecule has 1 amide bonds. The Kier molecular flexibility index (Phi) is 3.96. The Labute approximate surface area is 127 Å². The molecule has 1 heterocycles. The third-order valence-electron chi connectivity index (χ3n) is 3.53. The molecule has 0 bridgehead atoms. The van der Waals surface area contributed by atoms with Gasteiger partial charge in [0, 0.05) is 17.4 Å². The van der Waals surface area contributed by atoms with Gasteiger partial charge in [-0.1, -0.05) is 30.3 Å². The Morgan fingerprint density at radius 2 is 2.00 bits per heavy atom. The van der Waals surface area contributed by atoms with Gasteiger partial charge in [-0.05, 0) is 12.8 Å². The number of hydrogen-bond donors (Lipinski definition) is 1. The normalized spacial score (nSPS) is 21.0. The van der Waals surface area contributed by atoms with E-state index in [2.05, 4.69) is 4.99 Å². The molecule has 1 aliphatic carbocycles. The molecule has 1 unspecified atom stereocenters. The molecule has 5 nitrogen and oxygen atoms in total. The van der Waals surface area contributed by atoms with E-state index in [0.29, 0.717) is 5.75 Å². The molecular weight excluding hydrogens is 288 g/mol. The van der Waals surface area contributed by atoms with Crippen LogP contribution in [0.2, 0.25) is 0 Å². The number of carbonyl (C=O) groups is 2. The van der Waals surface area contributed by atoms with E-state index in [-0.39, 0.29) is 18.5 Å². The molecule has 0 spiro atoms. The van der Waals surface area contributed by atoms with E-state index in [9.17, 15) is 9.59 Å². The van der Waals surface area contributed by atoms with E-state index >= 15 is 0 Å². The number of hydrogen-bond acceptors (Lipinski definition) is 4. The molecule has 3 rings (SSSR count). The summed E-state index contributed by atoms with van der Waals surface area (Å²) in [5.41, 5.74) is 1.01. The van der Waals surface area contributed by atoms with Crippen LogP contribution >= 0.6 is 11.8 Å². The number of carbonyl (C=O) groups excluding carboxylic acids is 1. The van der Waals surface area contributed by atoms with Crippen LogP contribution in [0.3, 0.4) is 0 Å². The summed E-state index contributed by atoms with van der Waals surface area (Å²) in [6.07, 6.45) is 1.79. The molecule has 0 saturated heterocycles. The van der Waals surface area contributed by atoms with Gasteiger partial charge in [-0.2, -0.15) is 0 Å². The van der Waals surface area contributed by atoms with Crippen molar-refractivity contribution in [3.8, 4) is 0 Å². The first-order chi connectivity index (χ1) is 10.1. The average molecular weight is 304 g/mol. The number of thioether (sulfide) groups is 1. The second kappa shape index (κ2) is 5.89. The molecule has 1 aliphatic heterocycles. The largest absolute Gasteiger partial charge is 0.480 e. The summed E-state index contributed by atoms with van der Waals surface area (Å²) in [6.45, 7) is -0.221. The molecule has 1 N–H and O–H groups in total. The van der Waals surface area contributed by atoms with Gasteiger partial charge >= 0.3 is 5.97 Å². The van der Waals surface area contributed by atoms with Crippen molar-refractivity contribution in [2.45, 2.75) is 24.9 Å². The van der Waals surface area contributed by atoms with E-state index in [1.807, 2.05) is 30.3 Å². The molecule has 2 aliphatic rings. The molecule has 1 aromatic carbocycles. The van der Waals surface area contributed by atoms with Crippen LogP contribution < -0.4 is 0 Å². The minimum atomic E-state index is -0.965. The average Bonchev–Trinajstić information content (AvgIpc) is 3.21. The van der Waals surface area contributed by atoms with Crippen molar-refractivity contribution in [2.75, 3.05) is 12.3 Å². The van der Waals surface area contributed by atoms with Crippen molar-refractivity contribution >= 4 is 28.7 Å². The third kappa shape index (κ3) is 3.26. The maximum Gasteiger partial charge on any atom is 0.323 e. The minimum Gasteiger partial charge on any atom is -0.480 e. The highest BCUT2D eigenvalue weighted by molar-refractivity contribution is 8.14. The van der Waals surface area contributed by atoms with E-state index < -0.39 is 12.0 Å². The highest BCUT2D eigenvalue weighted by Gasteiger charge is 2.38. The molecule has 1 fully saturated rings. The third-order valence-corrected chi connectivity index (χ3v) is 4.63. The number of rotatable bonds is 5. The number of amides is 1. The molecule has 1 atom stereocenters. The summed E-state index contributed by atoms with van der Waals surface area (Å²) in [4.78, 5) is 29.4. The van der Waals surface area contributed by atoms with Crippen LogP contribution in [0, 0.1) is 0 Å². The number of aliphatic carboxylic acids is 1. The second-order valence-corrected chi connectivity index (χ2v) is 6.23. The zero-order valence-corrected chi connectivity index (χ0v) is 12.3. The van der Waals surface area contributed by atoms with Gasteiger partial charge in [0.2, 0.25) is 5.91 Å². The van der Waals surface area contributed by atoms with Gasteiger partial charge in [-0.15, -0.1) is 11.8 Å². The van der Waals surface area contributed by atoms with E-state index in [1.54, 1.807) is 11.8 Å². The first-order valence-corrected chi connectivity index (χ1v) is 7.92. The fraction of sp³-hybridized carbons (Fsp3) is 0.400. The molecule has 6 heteroatoms. The topological polar surface area (TPSA) is 70.0 Å². The first kappa shape index (κ1) is 14.1. The van der Waals surface area contributed by atoms with Gasteiger partial charge in [0.15, 0.2) is 0 Å². The van der Waals surface area contributed by atoms with E-state index in [0.717, 1.165) is 23.4 Å². The lowest BCUT2D eigenvalue weighted by molar-refractivity contribution is -0.145. The quantitative estimate of drug-likeness (QED) is 0.897. The second-order valence-electron chi connectivity index (χ2n) is 5.22. The van der Waals surface area contributed by atoms with Gasteiger partial charge in [0.25, 0.3) is 0 Å². The van der Waals surface area contributed by atoms with E-state index in [4.69, 9.17) is 5.11 Å². The lowest BCUT2D eigenvalue weighted by Gasteiger charge is -2.22. The number of carboxylic acid groups (broad SMARTS) is 1. The Bertz CT molecular complexity index is 584. The Morgan fingerprint density at radius 1 is 1.29 bits per heavy atom. The smallest absolute Gasteiger partial charge is 0.323 e. The van der Waals surface area contributed by atoms with Crippen LogP contribution in [0.1, 0.15) is 18.4 Å². The van der Waals surface area contributed by atoms with Crippen molar-refractivity contribution < 1.29 is 14.7 Å². The summed E-state index contributed by atoms with van der Waals surface area (Å²) in [7, 11) is 0. The lowest BCUT2D eigenvalue weighted by atomic mass is 10.2. The minimum absolute atomic E-state index is 0.0922. The molecule has 21 heavy (non-hydrogen) atoms. The monoisotopic (exact) mass is 304 g/mol. The molecule has 1 aromatic rings. The zero-order valence-electron chi connectivity index (χ0n) is 11.4. The van der Waals surface area contributed by atoms with Crippen molar-refractivity contribution in [3.63, 3.8) is 0 Å². The Hall–Kier alpha value is -1.82. The first-order valence-electron chi connectivity index (χ1n) is 6.93. The predicted molar refractivity (Wildman–Crippen MR) is 81.6 cm³/mol. The van der Waals surface area contributed by atoms with Crippen LogP contribution in [-0.2, 0) is 9.59 Å². The van der Waals surface area contributed by atoms with Crippen LogP contribution in [0.4, 0.5) is 0 Å². The lowest BCUT2D eigenvalue weighted by Crippen LogP contribution is -2.43. The standard InChI is InChI=1S/C15H16N2O3S/c18-13(19)8-17(11-6-7-11)15(20)12-9-21-14(16-12)10-4-2-1-3-5-10/h1-5,11-12H,6-9H2,(H,18,19). The Morgan fingerprint density at radius 3 is 2.62 bits per heavy atom. The highest BCUT2D eigenvalue weighted by atomic mass is 32.2. The van der Waals surface area contributed by atoms with Crippen molar-refractivity contribution in [1.82, 2.24) is 4.90 Å². The van der Waals surface area contributed by atoms with Crippen LogP contribution in [0.5, 0.6) is 0 Å². The van der Waals surface area contributed by atoms with Gasteiger partial charge < -0.3 is 10.0 Å². The number of aliphatic imine (C=N–C) groups is 1. The van der Waals surface area contributed by atoms with E-state index in [1.165, 1.54) is 4.90 Å². The van der Waals surface area contributed by atoms with Crippen molar-refractivity contribution in [3.05, 3.63) is 35.9 Å². The predicted octanol–water partition coefficient (Wildman–Crippen LogP) is 1.62. The SMILES string of the molecule is O=C(O)CN(C(=O)C1CSC(c2ccccc2)=N1)C1CC1.